The molecule has 0 unspecified atom stereocenters. The molecule has 2 rings (SSSR count). The number of hydrogen-bond acceptors (Lipinski definition) is 5. The summed E-state index contributed by atoms with van der Waals surface area (Å²) in [5.41, 5.74) is 2.42. The zero-order valence-electron chi connectivity index (χ0n) is 14.5. The molecule has 0 saturated heterocycles. The Balaban J connectivity index is 1.91. The number of hydrogen-bond donors (Lipinski definition) is 2. The van der Waals surface area contributed by atoms with Crippen LogP contribution in [-0.2, 0) is 16.0 Å². The molecule has 0 spiro atoms. The van der Waals surface area contributed by atoms with Crippen LogP contribution in [0.3, 0.4) is 0 Å². The highest BCUT2D eigenvalue weighted by molar-refractivity contribution is 7.15. The second-order valence-corrected chi connectivity index (χ2v) is 7.07. The number of thiazole rings is 1. The summed E-state index contributed by atoms with van der Waals surface area (Å²) in [7, 11) is 0. The fraction of sp³-hybridized carbons (Fsp3) is 0.389. The van der Waals surface area contributed by atoms with Gasteiger partial charge in [-0.05, 0) is 25.5 Å². The normalized spacial score (nSPS) is 10.8. The summed E-state index contributed by atoms with van der Waals surface area (Å²) >= 11 is 1.44. The molecule has 1 aromatic heterocycles. The van der Waals surface area contributed by atoms with Gasteiger partial charge >= 0.3 is 5.97 Å². The Morgan fingerprint density at radius 1 is 1.32 bits per heavy atom. The first-order valence-electron chi connectivity index (χ1n) is 8.20. The van der Waals surface area contributed by atoms with Crippen molar-refractivity contribution < 1.29 is 14.7 Å². The minimum atomic E-state index is -0.934. The number of carbonyl (C=O) groups is 2. The molecular formula is C18H23N3O3S. The van der Waals surface area contributed by atoms with E-state index in [0.717, 1.165) is 17.7 Å². The number of amides is 1. The van der Waals surface area contributed by atoms with E-state index in [1.807, 2.05) is 13.0 Å². The standard InChI is InChI=1S/C18H23N3O3S/c1-3-7-21(12-17(23)24)11-16(22)20-18-19-10-15(25-18)9-14-6-4-5-13(2)8-14/h4-6,8,10H,3,7,9,11-12H2,1-2H3,(H,23,24)(H,19,20,22). The lowest BCUT2D eigenvalue weighted by atomic mass is 10.1. The monoisotopic (exact) mass is 361 g/mol. The van der Waals surface area contributed by atoms with Gasteiger partial charge in [0.15, 0.2) is 5.13 Å². The van der Waals surface area contributed by atoms with Gasteiger partial charge in [0.2, 0.25) is 5.91 Å². The molecule has 2 aromatic rings. The molecule has 0 aliphatic heterocycles. The molecule has 0 radical (unpaired) electrons. The van der Waals surface area contributed by atoms with E-state index >= 15 is 0 Å². The van der Waals surface area contributed by atoms with Gasteiger partial charge in [0.1, 0.15) is 0 Å². The van der Waals surface area contributed by atoms with Gasteiger partial charge in [0.05, 0.1) is 13.1 Å². The van der Waals surface area contributed by atoms with Crippen LogP contribution < -0.4 is 5.32 Å². The number of carbonyl (C=O) groups excluding carboxylic acids is 1. The number of nitrogens with one attached hydrogen (secondary N) is 1. The van der Waals surface area contributed by atoms with Crippen molar-refractivity contribution in [3.63, 3.8) is 0 Å². The Hall–Kier alpha value is -2.25. The first-order valence-corrected chi connectivity index (χ1v) is 9.02. The number of benzene rings is 1. The third kappa shape index (κ3) is 6.64. The lowest BCUT2D eigenvalue weighted by Gasteiger charge is -2.18. The van der Waals surface area contributed by atoms with Crippen LogP contribution in [-0.4, -0.2) is 46.5 Å². The predicted molar refractivity (Wildman–Crippen MR) is 99.1 cm³/mol. The van der Waals surface area contributed by atoms with E-state index in [4.69, 9.17) is 5.11 Å². The number of aromatic nitrogens is 1. The molecule has 2 N–H and O–H groups in total. The van der Waals surface area contributed by atoms with E-state index in [1.165, 1.54) is 22.5 Å². The largest absolute Gasteiger partial charge is 0.480 e. The van der Waals surface area contributed by atoms with Crippen molar-refractivity contribution in [3.05, 3.63) is 46.5 Å². The summed E-state index contributed by atoms with van der Waals surface area (Å²) in [6.07, 6.45) is 3.33. The van der Waals surface area contributed by atoms with Gasteiger partial charge in [0, 0.05) is 17.5 Å². The van der Waals surface area contributed by atoms with Crippen LogP contribution in [0.25, 0.3) is 0 Å². The lowest BCUT2D eigenvalue weighted by Crippen LogP contribution is -2.37. The number of anilines is 1. The molecular weight excluding hydrogens is 338 g/mol. The third-order valence-corrected chi connectivity index (χ3v) is 4.44. The smallest absolute Gasteiger partial charge is 0.317 e. The molecule has 25 heavy (non-hydrogen) atoms. The number of carboxylic acids is 1. The Bertz CT molecular complexity index is 730. The second-order valence-electron chi connectivity index (χ2n) is 5.95. The highest BCUT2D eigenvalue weighted by atomic mass is 32.1. The maximum absolute atomic E-state index is 12.1. The molecule has 0 aliphatic carbocycles. The van der Waals surface area contributed by atoms with Gasteiger partial charge < -0.3 is 10.4 Å². The molecule has 0 atom stereocenters. The van der Waals surface area contributed by atoms with Crippen LogP contribution in [0.2, 0.25) is 0 Å². The molecule has 0 bridgehead atoms. The molecule has 0 aliphatic rings. The average Bonchev–Trinajstić information content (AvgIpc) is 2.93. The van der Waals surface area contributed by atoms with Crippen LogP contribution in [0, 0.1) is 6.92 Å². The fourth-order valence-corrected chi connectivity index (χ4v) is 3.42. The summed E-state index contributed by atoms with van der Waals surface area (Å²) in [6, 6.07) is 8.28. The molecule has 1 amide bonds. The number of nitrogens with zero attached hydrogens (tertiary/aromatic N) is 2. The van der Waals surface area contributed by atoms with Crippen molar-refractivity contribution in [1.82, 2.24) is 9.88 Å². The van der Waals surface area contributed by atoms with Gasteiger partial charge in [-0.15, -0.1) is 11.3 Å². The van der Waals surface area contributed by atoms with E-state index in [1.54, 1.807) is 11.1 Å². The van der Waals surface area contributed by atoms with Gasteiger partial charge in [0.25, 0.3) is 0 Å². The zero-order chi connectivity index (χ0) is 18.2. The van der Waals surface area contributed by atoms with Gasteiger partial charge in [-0.2, -0.15) is 0 Å². The van der Waals surface area contributed by atoms with Crippen LogP contribution >= 0.6 is 11.3 Å². The van der Waals surface area contributed by atoms with E-state index in [-0.39, 0.29) is 19.0 Å². The lowest BCUT2D eigenvalue weighted by molar-refractivity contribution is -0.138. The number of rotatable bonds is 9. The third-order valence-electron chi connectivity index (χ3n) is 3.53. The number of carboxylic acid groups (broad SMARTS) is 1. The molecule has 134 valence electrons. The Morgan fingerprint density at radius 2 is 2.12 bits per heavy atom. The maximum atomic E-state index is 12.1. The van der Waals surface area contributed by atoms with Crippen molar-refractivity contribution >= 4 is 28.3 Å². The maximum Gasteiger partial charge on any atom is 0.317 e. The Morgan fingerprint density at radius 3 is 2.80 bits per heavy atom. The van der Waals surface area contributed by atoms with Crippen LogP contribution in [0.15, 0.2) is 30.5 Å². The molecule has 7 heteroatoms. The summed E-state index contributed by atoms with van der Waals surface area (Å²) in [5, 5.41) is 12.2. The Labute approximate surface area is 151 Å². The fourth-order valence-electron chi connectivity index (χ4n) is 2.55. The van der Waals surface area contributed by atoms with E-state index in [0.29, 0.717) is 11.7 Å². The summed E-state index contributed by atoms with van der Waals surface area (Å²) in [5.74, 6) is -1.18. The summed E-state index contributed by atoms with van der Waals surface area (Å²) < 4.78 is 0. The van der Waals surface area contributed by atoms with Gasteiger partial charge in [-0.3, -0.25) is 14.5 Å². The highest BCUT2D eigenvalue weighted by Gasteiger charge is 2.14. The first-order chi connectivity index (χ1) is 12.0. The van der Waals surface area contributed by atoms with E-state index in [9.17, 15) is 9.59 Å². The van der Waals surface area contributed by atoms with Gasteiger partial charge in [-0.1, -0.05) is 36.8 Å². The molecule has 0 saturated carbocycles. The summed E-state index contributed by atoms with van der Waals surface area (Å²) in [6.45, 7) is 4.48. The molecule has 6 nitrogen and oxygen atoms in total. The van der Waals surface area contributed by atoms with Crippen LogP contribution in [0.5, 0.6) is 0 Å². The van der Waals surface area contributed by atoms with Crippen LogP contribution in [0.4, 0.5) is 5.13 Å². The topological polar surface area (TPSA) is 82.5 Å². The number of aliphatic carboxylic acids is 1. The highest BCUT2D eigenvalue weighted by Crippen LogP contribution is 2.21. The summed E-state index contributed by atoms with van der Waals surface area (Å²) in [4.78, 5) is 29.9. The number of aryl methyl sites for hydroxylation is 1. The SMILES string of the molecule is CCCN(CC(=O)O)CC(=O)Nc1ncc(Cc2cccc(C)c2)s1. The molecule has 1 aromatic carbocycles. The zero-order valence-corrected chi connectivity index (χ0v) is 15.3. The van der Waals surface area contributed by atoms with Crippen molar-refractivity contribution in [2.24, 2.45) is 0 Å². The quantitative estimate of drug-likeness (QED) is 0.718. The van der Waals surface area contributed by atoms with Crippen molar-refractivity contribution in [2.75, 3.05) is 25.0 Å². The minimum Gasteiger partial charge on any atom is -0.480 e. The van der Waals surface area contributed by atoms with Crippen molar-refractivity contribution in [1.29, 1.82) is 0 Å². The predicted octanol–water partition coefficient (Wildman–Crippen LogP) is 2.78. The van der Waals surface area contributed by atoms with Crippen molar-refractivity contribution in [2.45, 2.75) is 26.7 Å². The van der Waals surface area contributed by atoms with E-state index < -0.39 is 5.97 Å². The van der Waals surface area contributed by atoms with Crippen LogP contribution in [0.1, 0.15) is 29.3 Å². The Kier molecular flexibility index (Phi) is 7.09. The van der Waals surface area contributed by atoms with Crippen molar-refractivity contribution in [3.8, 4) is 0 Å². The first kappa shape index (κ1) is 19.1. The average molecular weight is 361 g/mol. The second kappa shape index (κ2) is 9.29. The van der Waals surface area contributed by atoms with Gasteiger partial charge in [-0.25, -0.2) is 4.98 Å². The molecule has 0 fully saturated rings. The molecule has 1 heterocycles. The minimum absolute atomic E-state index is 0.0485. The van der Waals surface area contributed by atoms with E-state index in [2.05, 4.69) is 35.4 Å².